The van der Waals surface area contributed by atoms with E-state index in [9.17, 15) is 13.2 Å². The number of hydrogen-bond acceptors (Lipinski definition) is 3. The molecule has 0 aromatic heterocycles. The van der Waals surface area contributed by atoms with E-state index >= 15 is 0 Å². The van der Waals surface area contributed by atoms with E-state index < -0.39 is 10.0 Å². The molecule has 0 spiro atoms. The van der Waals surface area contributed by atoms with Crippen LogP contribution in [0.15, 0.2) is 53.4 Å². The second-order valence-corrected chi connectivity index (χ2v) is 8.69. The van der Waals surface area contributed by atoms with Gasteiger partial charge in [0, 0.05) is 25.2 Å². The molecule has 1 aliphatic heterocycles. The quantitative estimate of drug-likeness (QED) is 0.793. The molecule has 0 radical (unpaired) electrons. The Bertz CT molecular complexity index is 886. The zero-order chi connectivity index (χ0) is 19.3. The van der Waals surface area contributed by atoms with Crippen molar-refractivity contribution in [3.05, 3.63) is 65.2 Å². The summed E-state index contributed by atoms with van der Waals surface area (Å²) in [4.78, 5) is 14.6. The minimum Gasteiger partial charge on any atom is -0.339 e. The molecule has 144 valence electrons. The van der Waals surface area contributed by atoms with Crippen LogP contribution < -0.4 is 4.72 Å². The first kappa shape index (κ1) is 19.6. The molecular formula is C21H26N2O3S. The Labute approximate surface area is 161 Å². The summed E-state index contributed by atoms with van der Waals surface area (Å²) in [6, 6.07) is 14.2. The third-order valence-corrected chi connectivity index (χ3v) is 6.22. The number of aryl methyl sites for hydroxylation is 1. The van der Waals surface area contributed by atoms with Gasteiger partial charge in [-0.3, -0.25) is 4.79 Å². The lowest BCUT2D eigenvalue weighted by atomic mass is 10.1. The molecule has 2 aromatic rings. The summed E-state index contributed by atoms with van der Waals surface area (Å²) in [5.74, 6) is 0.0173. The van der Waals surface area contributed by atoms with Gasteiger partial charge in [0.15, 0.2) is 0 Å². The fourth-order valence-corrected chi connectivity index (χ4v) is 4.32. The van der Waals surface area contributed by atoms with Gasteiger partial charge in [0.05, 0.1) is 4.90 Å². The van der Waals surface area contributed by atoms with Gasteiger partial charge in [0.25, 0.3) is 5.91 Å². The number of nitrogens with zero attached hydrogens (tertiary/aromatic N) is 1. The normalized spacial score (nSPS) is 14.5. The van der Waals surface area contributed by atoms with Crippen LogP contribution in [0.5, 0.6) is 0 Å². The molecule has 27 heavy (non-hydrogen) atoms. The lowest BCUT2D eigenvalue weighted by Crippen LogP contribution is -2.28. The summed E-state index contributed by atoms with van der Waals surface area (Å²) < 4.78 is 27.7. The highest BCUT2D eigenvalue weighted by molar-refractivity contribution is 7.89. The monoisotopic (exact) mass is 386 g/mol. The Morgan fingerprint density at radius 1 is 1.04 bits per heavy atom. The number of likely N-dealkylation sites (tertiary alicyclic amines) is 1. The van der Waals surface area contributed by atoms with Crippen molar-refractivity contribution in [3.63, 3.8) is 0 Å². The van der Waals surface area contributed by atoms with E-state index in [1.165, 1.54) is 0 Å². The van der Waals surface area contributed by atoms with Crippen LogP contribution in [-0.2, 0) is 23.0 Å². The van der Waals surface area contributed by atoms with Crippen LogP contribution in [-0.4, -0.2) is 32.3 Å². The first-order valence-corrected chi connectivity index (χ1v) is 10.9. The molecule has 1 amide bonds. The Morgan fingerprint density at radius 3 is 2.41 bits per heavy atom. The first-order valence-electron chi connectivity index (χ1n) is 9.46. The van der Waals surface area contributed by atoms with Crippen molar-refractivity contribution in [1.82, 2.24) is 9.62 Å². The van der Waals surface area contributed by atoms with Gasteiger partial charge in [-0.25, -0.2) is 13.1 Å². The van der Waals surface area contributed by atoms with Crippen molar-refractivity contribution in [2.75, 3.05) is 13.1 Å². The molecule has 3 rings (SSSR count). The second-order valence-electron chi connectivity index (χ2n) is 6.92. The maximum atomic E-state index is 12.5. The Hall–Kier alpha value is -2.18. The smallest absolute Gasteiger partial charge is 0.253 e. The van der Waals surface area contributed by atoms with E-state index in [1.807, 2.05) is 23.1 Å². The molecule has 1 saturated heterocycles. The first-order chi connectivity index (χ1) is 13.0. The molecule has 6 heteroatoms. The van der Waals surface area contributed by atoms with E-state index in [1.54, 1.807) is 30.3 Å². The highest BCUT2D eigenvalue weighted by Gasteiger charge is 2.20. The third-order valence-electron chi connectivity index (χ3n) is 4.81. The molecular weight excluding hydrogens is 360 g/mol. The number of hydrogen-bond donors (Lipinski definition) is 1. The zero-order valence-electron chi connectivity index (χ0n) is 15.6. The van der Waals surface area contributed by atoms with E-state index in [0.29, 0.717) is 5.56 Å². The Balaban J connectivity index is 1.66. The standard InChI is InChI=1S/C21H26N2O3S/c1-2-6-17-9-11-20(12-10-17)27(25,26)22-16-18-7-5-8-19(15-18)21(24)23-13-3-4-14-23/h5,7-12,15,22H,2-4,6,13-14,16H2,1H3. The van der Waals surface area contributed by atoms with E-state index in [4.69, 9.17) is 0 Å². The van der Waals surface area contributed by atoms with Crippen molar-refractivity contribution in [3.8, 4) is 0 Å². The molecule has 0 saturated carbocycles. The van der Waals surface area contributed by atoms with Crippen molar-refractivity contribution in [2.45, 2.75) is 44.0 Å². The van der Waals surface area contributed by atoms with Crippen LogP contribution in [0, 0.1) is 0 Å². The number of carbonyl (C=O) groups is 1. The molecule has 1 heterocycles. The van der Waals surface area contributed by atoms with Gasteiger partial charge in [0.1, 0.15) is 0 Å². The Morgan fingerprint density at radius 2 is 1.74 bits per heavy atom. The summed E-state index contributed by atoms with van der Waals surface area (Å²) in [7, 11) is -3.58. The SMILES string of the molecule is CCCc1ccc(S(=O)(=O)NCc2cccc(C(=O)N3CCCC3)c2)cc1. The topological polar surface area (TPSA) is 66.5 Å². The maximum absolute atomic E-state index is 12.5. The predicted octanol–water partition coefficient (Wildman–Crippen LogP) is 3.35. The van der Waals surface area contributed by atoms with Crippen molar-refractivity contribution in [1.29, 1.82) is 0 Å². The van der Waals surface area contributed by atoms with Crippen LogP contribution >= 0.6 is 0 Å². The van der Waals surface area contributed by atoms with Gasteiger partial charge in [-0.1, -0.05) is 37.6 Å². The van der Waals surface area contributed by atoms with Crippen LogP contribution in [0.3, 0.4) is 0 Å². The fourth-order valence-electron chi connectivity index (χ4n) is 3.30. The number of amides is 1. The minimum absolute atomic E-state index is 0.0173. The number of nitrogens with one attached hydrogen (secondary N) is 1. The molecule has 1 N–H and O–H groups in total. The average Bonchev–Trinajstić information content (AvgIpc) is 3.22. The second kappa shape index (κ2) is 8.67. The molecule has 0 unspecified atom stereocenters. The largest absolute Gasteiger partial charge is 0.339 e. The van der Waals surface area contributed by atoms with Crippen molar-refractivity contribution >= 4 is 15.9 Å². The maximum Gasteiger partial charge on any atom is 0.253 e. The lowest BCUT2D eigenvalue weighted by Gasteiger charge is -2.15. The zero-order valence-corrected chi connectivity index (χ0v) is 16.5. The third kappa shape index (κ3) is 4.96. The summed E-state index contributed by atoms with van der Waals surface area (Å²) in [6.45, 7) is 3.84. The summed E-state index contributed by atoms with van der Waals surface area (Å²) in [5.41, 5.74) is 2.51. The van der Waals surface area contributed by atoms with Gasteiger partial charge in [-0.05, 0) is 54.7 Å². The highest BCUT2D eigenvalue weighted by Crippen LogP contribution is 2.16. The van der Waals surface area contributed by atoms with Gasteiger partial charge < -0.3 is 4.90 Å². The molecule has 0 atom stereocenters. The van der Waals surface area contributed by atoms with Crippen LogP contribution in [0.1, 0.15) is 47.7 Å². The minimum atomic E-state index is -3.58. The molecule has 5 nitrogen and oxygen atoms in total. The molecule has 1 fully saturated rings. The summed E-state index contributed by atoms with van der Waals surface area (Å²) in [5, 5.41) is 0. The van der Waals surface area contributed by atoms with Crippen LogP contribution in [0.2, 0.25) is 0 Å². The van der Waals surface area contributed by atoms with Crippen LogP contribution in [0.25, 0.3) is 0 Å². The fraction of sp³-hybridized carbons (Fsp3) is 0.381. The van der Waals surface area contributed by atoms with E-state index in [0.717, 1.165) is 49.9 Å². The van der Waals surface area contributed by atoms with Gasteiger partial charge in [-0.2, -0.15) is 0 Å². The van der Waals surface area contributed by atoms with Crippen molar-refractivity contribution in [2.24, 2.45) is 0 Å². The lowest BCUT2D eigenvalue weighted by molar-refractivity contribution is 0.0792. The Kier molecular flexibility index (Phi) is 6.29. The summed E-state index contributed by atoms with van der Waals surface area (Å²) >= 11 is 0. The molecule has 1 aliphatic rings. The summed E-state index contributed by atoms with van der Waals surface area (Å²) in [6.07, 6.45) is 4.05. The van der Waals surface area contributed by atoms with Crippen molar-refractivity contribution < 1.29 is 13.2 Å². The number of benzene rings is 2. The molecule has 2 aromatic carbocycles. The van der Waals surface area contributed by atoms with E-state index in [-0.39, 0.29) is 17.3 Å². The average molecular weight is 387 g/mol. The number of rotatable bonds is 7. The number of sulfonamides is 1. The molecule has 0 bridgehead atoms. The van der Waals surface area contributed by atoms with E-state index in [2.05, 4.69) is 11.6 Å². The number of carbonyl (C=O) groups excluding carboxylic acids is 1. The highest BCUT2D eigenvalue weighted by atomic mass is 32.2. The van der Waals surface area contributed by atoms with Gasteiger partial charge >= 0.3 is 0 Å². The molecule has 0 aliphatic carbocycles. The predicted molar refractivity (Wildman–Crippen MR) is 106 cm³/mol. The van der Waals surface area contributed by atoms with Crippen LogP contribution in [0.4, 0.5) is 0 Å². The van der Waals surface area contributed by atoms with Gasteiger partial charge in [-0.15, -0.1) is 0 Å². The van der Waals surface area contributed by atoms with Gasteiger partial charge in [0.2, 0.25) is 10.0 Å².